The van der Waals surface area contributed by atoms with Crippen molar-refractivity contribution in [3.8, 4) is 0 Å². The fourth-order valence-electron chi connectivity index (χ4n) is 2.38. The third kappa shape index (κ3) is 2.64. The molecule has 0 aliphatic carbocycles. The minimum atomic E-state index is -0.438. The molecule has 2 aromatic carbocycles. The summed E-state index contributed by atoms with van der Waals surface area (Å²) >= 11 is 12.1. The lowest BCUT2D eigenvalue weighted by Crippen LogP contribution is -2.18. The highest BCUT2D eigenvalue weighted by Crippen LogP contribution is 2.33. The fraction of sp³-hybridized carbons (Fsp3) is 0.125. The van der Waals surface area contributed by atoms with Gasteiger partial charge < -0.3 is 9.73 Å². The van der Waals surface area contributed by atoms with E-state index >= 15 is 0 Å². The summed E-state index contributed by atoms with van der Waals surface area (Å²) in [4.78, 5) is 0. The van der Waals surface area contributed by atoms with Gasteiger partial charge in [-0.2, -0.15) is 0 Å². The van der Waals surface area contributed by atoms with E-state index in [1.165, 1.54) is 12.1 Å². The average molecular weight is 324 g/mol. The van der Waals surface area contributed by atoms with Gasteiger partial charge in [-0.05, 0) is 37.4 Å². The standard InChI is InChI=1S/C16H12Cl2FNO/c1-20-15(11-8-10(17)5-6-13(11)19)14-7-9-3-2-4-12(18)16(9)21-14/h2-8,15,20H,1H3. The monoisotopic (exact) mass is 323 g/mol. The second-order valence-electron chi connectivity index (χ2n) is 4.69. The van der Waals surface area contributed by atoms with Crippen LogP contribution in [0, 0.1) is 5.82 Å². The summed E-state index contributed by atoms with van der Waals surface area (Å²) < 4.78 is 19.9. The molecule has 21 heavy (non-hydrogen) atoms. The summed E-state index contributed by atoms with van der Waals surface area (Å²) in [6.45, 7) is 0. The van der Waals surface area contributed by atoms with Crippen LogP contribution in [0.1, 0.15) is 17.4 Å². The zero-order valence-electron chi connectivity index (χ0n) is 11.2. The third-order valence-electron chi connectivity index (χ3n) is 3.36. The van der Waals surface area contributed by atoms with Crippen LogP contribution in [0.15, 0.2) is 46.9 Å². The van der Waals surface area contributed by atoms with Crippen molar-refractivity contribution < 1.29 is 8.81 Å². The van der Waals surface area contributed by atoms with E-state index in [0.29, 0.717) is 27.0 Å². The van der Waals surface area contributed by atoms with E-state index in [-0.39, 0.29) is 5.82 Å². The Hall–Kier alpha value is -1.55. The topological polar surface area (TPSA) is 25.2 Å². The summed E-state index contributed by atoms with van der Waals surface area (Å²) in [7, 11) is 1.74. The molecule has 1 atom stereocenters. The number of para-hydroxylation sites is 1. The number of nitrogens with one attached hydrogen (secondary N) is 1. The second-order valence-corrected chi connectivity index (χ2v) is 5.54. The van der Waals surface area contributed by atoms with Crippen molar-refractivity contribution in [2.45, 2.75) is 6.04 Å². The Labute approximate surface area is 131 Å². The lowest BCUT2D eigenvalue weighted by atomic mass is 10.0. The van der Waals surface area contributed by atoms with Gasteiger partial charge >= 0.3 is 0 Å². The number of benzene rings is 2. The minimum absolute atomic E-state index is 0.342. The molecule has 0 aliphatic heterocycles. The van der Waals surface area contributed by atoms with Crippen molar-refractivity contribution in [2.24, 2.45) is 0 Å². The van der Waals surface area contributed by atoms with Crippen molar-refractivity contribution in [3.63, 3.8) is 0 Å². The van der Waals surface area contributed by atoms with Crippen LogP contribution in [0.3, 0.4) is 0 Å². The minimum Gasteiger partial charge on any atom is -0.457 e. The third-order valence-corrected chi connectivity index (χ3v) is 3.89. The first-order valence-electron chi connectivity index (χ1n) is 6.40. The summed E-state index contributed by atoms with van der Waals surface area (Å²) in [6, 6.07) is 11.4. The molecular weight excluding hydrogens is 312 g/mol. The fourth-order valence-corrected chi connectivity index (χ4v) is 2.78. The van der Waals surface area contributed by atoms with E-state index in [4.69, 9.17) is 27.6 Å². The zero-order valence-corrected chi connectivity index (χ0v) is 12.7. The Kier molecular flexibility index (Phi) is 3.89. The maximum atomic E-state index is 14.1. The summed E-state index contributed by atoms with van der Waals surface area (Å²) in [5, 5.41) is 4.92. The van der Waals surface area contributed by atoms with Crippen LogP contribution in [-0.2, 0) is 0 Å². The zero-order chi connectivity index (χ0) is 15.0. The molecular formula is C16H12Cl2FNO. The predicted molar refractivity (Wildman–Crippen MR) is 83.5 cm³/mol. The first-order valence-corrected chi connectivity index (χ1v) is 7.16. The van der Waals surface area contributed by atoms with Crippen LogP contribution < -0.4 is 5.32 Å². The van der Waals surface area contributed by atoms with Gasteiger partial charge in [0.2, 0.25) is 0 Å². The molecule has 1 N–H and O–H groups in total. The highest BCUT2D eigenvalue weighted by Gasteiger charge is 2.21. The predicted octanol–water partition coefficient (Wildman–Crippen LogP) is 5.19. The lowest BCUT2D eigenvalue weighted by molar-refractivity contribution is 0.476. The van der Waals surface area contributed by atoms with Crippen molar-refractivity contribution in [3.05, 3.63) is 69.7 Å². The Morgan fingerprint density at radius 3 is 2.67 bits per heavy atom. The van der Waals surface area contributed by atoms with Gasteiger partial charge in [0, 0.05) is 16.0 Å². The van der Waals surface area contributed by atoms with Gasteiger partial charge in [0.1, 0.15) is 11.6 Å². The number of halogens is 3. The molecule has 0 saturated heterocycles. The molecule has 0 fully saturated rings. The lowest BCUT2D eigenvalue weighted by Gasteiger charge is -2.15. The highest BCUT2D eigenvalue weighted by molar-refractivity contribution is 6.34. The Balaban J connectivity index is 2.13. The van der Waals surface area contributed by atoms with E-state index in [0.717, 1.165) is 5.39 Å². The van der Waals surface area contributed by atoms with Crippen LogP contribution in [0.2, 0.25) is 10.0 Å². The smallest absolute Gasteiger partial charge is 0.152 e. The number of hydrogen-bond donors (Lipinski definition) is 1. The van der Waals surface area contributed by atoms with E-state index in [1.54, 1.807) is 19.2 Å². The average Bonchev–Trinajstić information content (AvgIpc) is 2.89. The second kappa shape index (κ2) is 5.68. The summed E-state index contributed by atoms with van der Waals surface area (Å²) in [6.07, 6.45) is 0. The Morgan fingerprint density at radius 1 is 1.14 bits per heavy atom. The molecule has 1 aromatic heterocycles. The molecule has 0 spiro atoms. The molecule has 2 nitrogen and oxygen atoms in total. The van der Waals surface area contributed by atoms with Gasteiger partial charge in [0.15, 0.2) is 5.58 Å². The summed E-state index contributed by atoms with van der Waals surface area (Å²) in [5.74, 6) is 0.243. The van der Waals surface area contributed by atoms with Gasteiger partial charge in [-0.3, -0.25) is 0 Å². The van der Waals surface area contributed by atoms with Gasteiger partial charge in [0.05, 0.1) is 11.1 Å². The number of furan rings is 1. The van der Waals surface area contributed by atoms with Crippen LogP contribution in [-0.4, -0.2) is 7.05 Å². The highest BCUT2D eigenvalue weighted by atomic mass is 35.5. The normalized spacial score (nSPS) is 12.8. The summed E-state index contributed by atoms with van der Waals surface area (Å²) in [5.41, 5.74) is 1.03. The Morgan fingerprint density at radius 2 is 1.95 bits per heavy atom. The van der Waals surface area contributed by atoms with Gasteiger partial charge in [-0.25, -0.2) is 4.39 Å². The molecule has 0 bridgehead atoms. The molecule has 1 unspecified atom stereocenters. The van der Waals surface area contributed by atoms with E-state index in [2.05, 4.69) is 5.32 Å². The van der Waals surface area contributed by atoms with Crippen LogP contribution in [0.4, 0.5) is 4.39 Å². The quantitative estimate of drug-likeness (QED) is 0.717. The largest absolute Gasteiger partial charge is 0.457 e. The van der Waals surface area contributed by atoms with E-state index < -0.39 is 6.04 Å². The van der Waals surface area contributed by atoms with Crippen molar-refractivity contribution in [1.82, 2.24) is 5.32 Å². The molecule has 0 radical (unpaired) electrons. The number of fused-ring (bicyclic) bond motifs is 1. The first kappa shape index (κ1) is 14.4. The number of hydrogen-bond acceptors (Lipinski definition) is 2. The maximum absolute atomic E-state index is 14.1. The SMILES string of the molecule is CNC(c1cc2cccc(Cl)c2o1)c1cc(Cl)ccc1F. The molecule has 1 heterocycles. The van der Waals surface area contributed by atoms with E-state index in [9.17, 15) is 4.39 Å². The van der Waals surface area contributed by atoms with Gasteiger partial charge in [0.25, 0.3) is 0 Å². The molecule has 5 heteroatoms. The van der Waals surface area contributed by atoms with Gasteiger partial charge in [-0.15, -0.1) is 0 Å². The molecule has 0 amide bonds. The molecule has 3 aromatic rings. The maximum Gasteiger partial charge on any atom is 0.152 e. The molecule has 0 aliphatic rings. The van der Waals surface area contributed by atoms with Crippen molar-refractivity contribution in [2.75, 3.05) is 7.05 Å². The Bertz CT molecular complexity index is 800. The van der Waals surface area contributed by atoms with Crippen LogP contribution >= 0.6 is 23.2 Å². The molecule has 108 valence electrons. The molecule has 0 saturated carbocycles. The van der Waals surface area contributed by atoms with Gasteiger partial charge in [-0.1, -0.05) is 35.3 Å². The number of rotatable bonds is 3. The van der Waals surface area contributed by atoms with Crippen LogP contribution in [0.5, 0.6) is 0 Å². The first-order chi connectivity index (χ1) is 10.1. The van der Waals surface area contributed by atoms with E-state index in [1.807, 2.05) is 18.2 Å². The van der Waals surface area contributed by atoms with Crippen molar-refractivity contribution >= 4 is 34.2 Å². The molecule has 3 rings (SSSR count). The van der Waals surface area contributed by atoms with Crippen LogP contribution in [0.25, 0.3) is 11.0 Å². The van der Waals surface area contributed by atoms with Crippen molar-refractivity contribution in [1.29, 1.82) is 0 Å².